The first-order chi connectivity index (χ1) is 23.7. The number of fused-ring (bicyclic) bond motifs is 1. The molecule has 4 N–H and O–H groups in total. The fraction of sp³-hybridized carbons (Fsp3) is 0.278. The fourth-order valence-electron chi connectivity index (χ4n) is 5.38. The summed E-state index contributed by atoms with van der Waals surface area (Å²) in [5.41, 5.74) is 9.47. The van der Waals surface area contributed by atoms with Gasteiger partial charge in [0.05, 0.1) is 24.1 Å². The van der Waals surface area contributed by atoms with E-state index >= 15 is 0 Å². The van der Waals surface area contributed by atoms with Gasteiger partial charge in [-0.05, 0) is 106 Å². The summed E-state index contributed by atoms with van der Waals surface area (Å²) in [6.45, 7) is 9.43. The van der Waals surface area contributed by atoms with E-state index < -0.39 is 24.1 Å². The number of ether oxygens (including phenoxy) is 3. The number of amides is 1. The van der Waals surface area contributed by atoms with Crippen molar-refractivity contribution < 1.29 is 37.0 Å². The quantitative estimate of drug-likeness (QED) is 0.0958. The first-order valence-electron chi connectivity index (χ1n) is 15.8. The van der Waals surface area contributed by atoms with Crippen molar-refractivity contribution in [3.8, 4) is 22.9 Å². The molecule has 2 heterocycles. The average Bonchev–Trinajstić information content (AvgIpc) is 3.40. The van der Waals surface area contributed by atoms with Crippen LogP contribution in [-0.4, -0.2) is 45.5 Å². The number of alkyl halides is 3. The van der Waals surface area contributed by atoms with Crippen LogP contribution < -0.4 is 30.6 Å². The van der Waals surface area contributed by atoms with Gasteiger partial charge in [0.15, 0.2) is 11.5 Å². The number of aromatic nitrogens is 3. The Morgan fingerprint density at radius 3 is 2.44 bits per heavy atom. The number of anilines is 2. The minimum atomic E-state index is -5.19. The highest BCUT2D eigenvalue weighted by Crippen LogP contribution is 2.34. The second kappa shape index (κ2) is 14.8. The Morgan fingerprint density at radius 2 is 1.76 bits per heavy atom. The van der Waals surface area contributed by atoms with Crippen molar-refractivity contribution in [2.24, 2.45) is 0 Å². The maximum absolute atomic E-state index is 14.2. The van der Waals surface area contributed by atoms with Gasteiger partial charge in [0.25, 0.3) is 0 Å². The van der Waals surface area contributed by atoms with Crippen LogP contribution >= 0.6 is 0 Å². The first-order valence-corrected chi connectivity index (χ1v) is 15.8. The molecule has 14 heteroatoms. The van der Waals surface area contributed by atoms with E-state index in [4.69, 9.17) is 15.2 Å². The van der Waals surface area contributed by atoms with Gasteiger partial charge < -0.3 is 30.6 Å². The Kier molecular flexibility index (Phi) is 10.5. The zero-order valence-corrected chi connectivity index (χ0v) is 28.1. The molecule has 0 saturated heterocycles. The van der Waals surface area contributed by atoms with Crippen molar-refractivity contribution in [3.63, 3.8) is 0 Å². The minimum absolute atomic E-state index is 0.126. The van der Waals surface area contributed by atoms with Crippen molar-refractivity contribution in [2.75, 3.05) is 17.7 Å². The van der Waals surface area contributed by atoms with Crippen molar-refractivity contribution in [1.82, 2.24) is 20.1 Å². The first kappa shape index (κ1) is 35.5. The number of halogens is 3. The number of nitrogens with one attached hydrogen (secondary N) is 2. The summed E-state index contributed by atoms with van der Waals surface area (Å²) < 4.78 is 57.0. The van der Waals surface area contributed by atoms with Gasteiger partial charge in [0, 0.05) is 35.1 Å². The number of hydrogen-bond acceptors (Lipinski definition) is 9. The van der Waals surface area contributed by atoms with E-state index in [2.05, 4.69) is 25.5 Å². The van der Waals surface area contributed by atoms with E-state index in [0.717, 1.165) is 16.5 Å². The van der Waals surface area contributed by atoms with Crippen LogP contribution in [0.1, 0.15) is 49.3 Å². The van der Waals surface area contributed by atoms with Crippen LogP contribution in [0.5, 0.6) is 17.2 Å². The number of esters is 1. The van der Waals surface area contributed by atoms with Gasteiger partial charge in [-0.15, -0.1) is 0 Å². The molecule has 0 fully saturated rings. The standard InChI is InChI=1S/C36H37F3N6O5/c1-6-48-31-18-24(7-12-30(31)49-20(2)3)32(43-26-8-10-28-23(16-26)13-14-41-33(28)40)34(46)42-19-25-17-27(50-35(47)36(37,38)39)9-11-29(25)45-22(5)15-21(4)44-45/h7-18,20,32,43H,6,19H2,1-5H3,(H2,40,41)(H,42,46). The summed E-state index contributed by atoms with van der Waals surface area (Å²) in [5.74, 6) is -1.86. The average molecular weight is 691 g/mol. The van der Waals surface area contributed by atoms with Gasteiger partial charge in [0.1, 0.15) is 17.6 Å². The Bertz CT molecular complexity index is 2030. The lowest BCUT2D eigenvalue weighted by molar-refractivity contribution is -0.189. The smallest absolute Gasteiger partial charge is 0.490 e. The lowest BCUT2D eigenvalue weighted by atomic mass is 10.0. The van der Waals surface area contributed by atoms with Crippen molar-refractivity contribution in [1.29, 1.82) is 0 Å². The number of nitrogens with zero attached hydrogens (tertiary/aromatic N) is 3. The molecule has 1 amide bonds. The Balaban J connectivity index is 1.51. The molecular formula is C36H37F3N6O5. The number of nitrogen functional groups attached to an aromatic ring is 1. The number of pyridine rings is 1. The van der Waals surface area contributed by atoms with E-state index in [1.807, 2.05) is 39.8 Å². The van der Waals surface area contributed by atoms with Crippen LogP contribution in [-0.2, 0) is 16.1 Å². The monoisotopic (exact) mass is 690 g/mol. The number of benzene rings is 3. The molecule has 0 bridgehead atoms. The molecule has 0 radical (unpaired) electrons. The number of carbonyl (C=O) groups is 2. The number of rotatable bonds is 12. The lowest BCUT2D eigenvalue weighted by Gasteiger charge is -2.23. The topological polar surface area (TPSA) is 143 Å². The largest absolute Gasteiger partial charge is 0.491 e. The number of carbonyl (C=O) groups excluding carboxylic acids is 2. The van der Waals surface area contributed by atoms with Gasteiger partial charge in [-0.25, -0.2) is 14.5 Å². The zero-order valence-electron chi connectivity index (χ0n) is 28.1. The second-order valence-electron chi connectivity index (χ2n) is 11.7. The maximum Gasteiger partial charge on any atom is 0.491 e. The van der Waals surface area contributed by atoms with E-state index in [9.17, 15) is 22.8 Å². The van der Waals surface area contributed by atoms with Crippen molar-refractivity contribution >= 4 is 34.2 Å². The third-order valence-corrected chi connectivity index (χ3v) is 7.52. The van der Waals surface area contributed by atoms with Gasteiger partial charge >= 0.3 is 12.1 Å². The summed E-state index contributed by atoms with van der Waals surface area (Å²) in [6.07, 6.45) is -3.73. The molecule has 1 atom stereocenters. The zero-order chi connectivity index (χ0) is 36.2. The molecule has 50 heavy (non-hydrogen) atoms. The molecule has 11 nitrogen and oxygen atoms in total. The van der Waals surface area contributed by atoms with Gasteiger partial charge in [-0.3, -0.25) is 4.79 Å². The Labute approximate surface area is 286 Å². The van der Waals surface area contributed by atoms with Crippen LogP contribution in [0.2, 0.25) is 0 Å². The predicted octanol–water partition coefficient (Wildman–Crippen LogP) is 6.74. The number of aryl methyl sites for hydroxylation is 2. The molecule has 2 aromatic heterocycles. The molecule has 0 aliphatic carbocycles. The number of nitrogens with two attached hydrogens (primary N) is 1. The number of hydrogen-bond donors (Lipinski definition) is 3. The normalized spacial score (nSPS) is 12.1. The fourth-order valence-corrected chi connectivity index (χ4v) is 5.38. The van der Waals surface area contributed by atoms with E-state index in [-0.39, 0.29) is 18.4 Å². The Hall–Kier alpha value is -5.79. The van der Waals surface area contributed by atoms with E-state index in [1.165, 1.54) is 18.2 Å². The van der Waals surface area contributed by atoms with Gasteiger partial charge in [-0.2, -0.15) is 18.3 Å². The second-order valence-corrected chi connectivity index (χ2v) is 11.7. The highest BCUT2D eigenvalue weighted by atomic mass is 19.4. The highest BCUT2D eigenvalue weighted by Gasteiger charge is 2.41. The molecule has 0 aliphatic rings. The molecule has 5 rings (SSSR count). The van der Waals surface area contributed by atoms with Crippen LogP contribution in [0, 0.1) is 13.8 Å². The predicted molar refractivity (Wildman–Crippen MR) is 182 cm³/mol. The minimum Gasteiger partial charge on any atom is -0.490 e. The summed E-state index contributed by atoms with van der Waals surface area (Å²) in [7, 11) is 0. The lowest BCUT2D eigenvalue weighted by Crippen LogP contribution is -2.33. The molecule has 1 unspecified atom stereocenters. The van der Waals surface area contributed by atoms with E-state index in [0.29, 0.717) is 52.1 Å². The summed E-state index contributed by atoms with van der Waals surface area (Å²) in [5, 5.41) is 12.2. The molecule has 262 valence electrons. The van der Waals surface area contributed by atoms with Crippen LogP contribution in [0.25, 0.3) is 16.5 Å². The molecular weight excluding hydrogens is 653 g/mol. The van der Waals surface area contributed by atoms with Crippen LogP contribution in [0.15, 0.2) is 72.9 Å². The molecule has 0 spiro atoms. The Morgan fingerprint density at radius 1 is 0.980 bits per heavy atom. The third-order valence-electron chi connectivity index (χ3n) is 7.52. The van der Waals surface area contributed by atoms with Gasteiger partial charge in [0.2, 0.25) is 5.91 Å². The van der Waals surface area contributed by atoms with Crippen molar-refractivity contribution in [2.45, 2.75) is 59.5 Å². The summed E-state index contributed by atoms with van der Waals surface area (Å²) in [6, 6.07) is 17.3. The molecule has 0 saturated carbocycles. The molecule has 3 aromatic carbocycles. The highest BCUT2D eigenvalue weighted by molar-refractivity contribution is 5.94. The van der Waals surface area contributed by atoms with Crippen molar-refractivity contribution in [3.05, 3.63) is 95.4 Å². The molecule has 0 aliphatic heterocycles. The third kappa shape index (κ3) is 8.25. The summed E-state index contributed by atoms with van der Waals surface area (Å²) in [4.78, 5) is 29.9. The SMILES string of the molecule is CCOc1cc(C(Nc2ccc3c(N)nccc3c2)C(=O)NCc2cc(OC(=O)C(F)(F)F)ccc2-n2nc(C)cc2C)ccc1OC(C)C. The van der Waals surface area contributed by atoms with Crippen LogP contribution in [0.4, 0.5) is 24.7 Å². The van der Waals surface area contributed by atoms with Crippen LogP contribution in [0.3, 0.4) is 0 Å². The van der Waals surface area contributed by atoms with E-state index in [1.54, 1.807) is 54.2 Å². The molecule has 5 aromatic rings. The maximum atomic E-state index is 14.2. The summed E-state index contributed by atoms with van der Waals surface area (Å²) >= 11 is 0. The van der Waals surface area contributed by atoms with Gasteiger partial charge in [-0.1, -0.05) is 6.07 Å².